The van der Waals surface area contributed by atoms with Gasteiger partial charge in [-0.2, -0.15) is 0 Å². The fourth-order valence-electron chi connectivity index (χ4n) is 1.59. The number of para-hydroxylation sites is 1. The zero-order valence-corrected chi connectivity index (χ0v) is 10.7. The Bertz CT molecular complexity index is 672. The fourth-order valence-corrected chi connectivity index (χ4v) is 2.80. The van der Waals surface area contributed by atoms with Crippen LogP contribution in [-0.4, -0.2) is 13.5 Å². The van der Waals surface area contributed by atoms with E-state index in [1.165, 1.54) is 12.1 Å². The Labute approximate surface area is 110 Å². The lowest BCUT2D eigenvalue weighted by Crippen LogP contribution is -2.15. The molecule has 0 fully saturated rings. The molecule has 0 unspecified atom stereocenters. The van der Waals surface area contributed by atoms with Crippen molar-refractivity contribution < 1.29 is 17.9 Å². The maximum Gasteiger partial charge on any atom is 0.237 e. The van der Waals surface area contributed by atoms with Crippen molar-refractivity contribution in [3.63, 3.8) is 0 Å². The first-order valence-corrected chi connectivity index (χ1v) is 7.15. The van der Waals surface area contributed by atoms with Crippen LogP contribution in [0.25, 0.3) is 0 Å². The predicted octanol–water partition coefficient (Wildman–Crippen LogP) is 2.47. The number of hydrogen-bond acceptors (Lipinski definition) is 3. The van der Waals surface area contributed by atoms with E-state index in [0.717, 1.165) is 6.07 Å². The Hall–Kier alpha value is -2.08. The molecule has 0 amide bonds. The van der Waals surface area contributed by atoms with Crippen LogP contribution in [0.3, 0.4) is 0 Å². The summed E-state index contributed by atoms with van der Waals surface area (Å²) >= 11 is 0. The smallest absolute Gasteiger partial charge is 0.237 e. The number of phenolic OH excluding ortho intramolecular Hbond substituents is 1. The topological polar surface area (TPSA) is 66.4 Å². The first kappa shape index (κ1) is 13.4. The highest BCUT2D eigenvalue weighted by Gasteiger charge is 2.15. The summed E-state index contributed by atoms with van der Waals surface area (Å²) in [6.07, 6.45) is 0. The second-order valence-electron chi connectivity index (χ2n) is 3.98. The molecule has 19 heavy (non-hydrogen) atoms. The normalized spacial score (nSPS) is 11.2. The highest BCUT2D eigenvalue weighted by molar-refractivity contribution is 7.91. The number of benzene rings is 2. The number of nitrogens with one attached hydrogen (secondary N) is 1. The van der Waals surface area contributed by atoms with Gasteiger partial charge in [0.25, 0.3) is 0 Å². The first-order valence-electron chi connectivity index (χ1n) is 5.50. The van der Waals surface area contributed by atoms with Crippen molar-refractivity contribution in [1.82, 2.24) is 0 Å². The standard InChI is InChI=1S/C13H12FNO3S/c14-11-7-4-8-12(13(11)16)15-19(17,18)9-10-5-2-1-3-6-10/h1-8,15-16H,9H2. The van der Waals surface area contributed by atoms with Gasteiger partial charge in [0.1, 0.15) is 0 Å². The lowest BCUT2D eigenvalue weighted by molar-refractivity contribution is 0.435. The van der Waals surface area contributed by atoms with Crippen LogP contribution in [0.4, 0.5) is 10.1 Å². The Morgan fingerprint density at radius 3 is 2.42 bits per heavy atom. The molecule has 100 valence electrons. The molecule has 0 radical (unpaired) electrons. The summed E-state index contributed by atoms with van der Waals surface area (Å²) in [7, 11) is -3.70. The summed E-state index contributed by atoms with van der Waals surface area (Å²) in [6, 6.07) is 12.2. The van der Waals surface area contributed by atoms with E-state index in [9.17, 15) is 17.9 Å². The Morgan fingerprint density at radius 2 is 1.74 bits per heavy atom. The van der Waals surface area contributed by atoms with E-state index in [1.54, 1.807) is 30.3 Å². The highest BCUT2D eigenvalue weighted by Crippen LogP contribution is 2.27. The maximum atomic E-state index is 13.1. The van der Waals surface area contributed by atoms with E-state index in [1.807, 2.05) is 0 Å². The maximum absolute atomic E-state index is 13.1. The van der Waals surface area contributed by atoms with Crippen molar-refractivity contribution in [3.05, 3.63) is 59.9 Å². The van der Waals surface area contributed by atoms with Gasteiger partial charge in [0.15, 0.2) is 11.6 Å². The molecule has 0 saturated carbocycles. The Kier molecular flexibility index (Phi) is 3.71. The van der Waals surface area contributed by atoms with Gasteiger partial charge in [-0.25, -0.2) is 12.8 Å². The van der Waals surface area contributed by atoms with E-state index in [4.69, 9.17) is 0 Å². The molecule has 2 aromatic carbocycles. The zero-order chi connectivity index (χ0) is 13.9. The lowest BCUT2D eigenvalue weighted by Gasteiger charge is -2.09. The van der Waals surface area contributed by atoms with Crippen LogP contribution >= 0.6 is 0 Å². The second-order valence-corrected chi connectivity index (χ2v) is 5.71. The predicted molar refractivity (Wildman–Crippen MR) is 70.8 cm³/mol. The van der Waals surface area contributed by atoms with Crippen molar-refractivity contribution in [3.8, 4) is 5.75 Å². The second kappa shape index (κ2) is 5.27. The van der Waals surface area contributed by atoms with E-state index >= 15 is 0 Å². The average molecular weight is 281 g/mol. The van der Waals surface area contributed by atoms with E-state index in [-0.39, 0.29) is 11.4 Å². The van der Waals surface area contributed by atoms with Crippen molar-refractivity contribution in [1.29, 1.82) is 0 Å². The first-order chi connectivity index (χ1) is 8.98. The number of phenols is 1. The van der Waals surface area contributed by atoms with Crippen molar-refractivity contribution in [2.75, 3.05) is 4.72 Å². The third kappa shape index (κ3) is 3.45. The average Bonchev–Trinajstić information content (AvgIpc) is 2.35. The molecule has 0 atom stereocenters. The lowest BCUT2D eigenvalue weighted by atomic mass is 10.2. The number of rotatable bonds is 4. The van der Waals surface area contributed by atoms with Gasteiger partial charge in [-0.3, -0.25) is 4.72 Å². The summed E-state index contributed by atoms with van der Waals surface area (Å²) in [5.74, 6) is -1.83. The molecule has 6 heteroatoms. The zero-order valence-electron chi connectivity index (χ0n) is 9.88. The number of anilines is 1. The van der Waals surface area contributed by atoms with Crippen LogP contribution in [0.2, 0.25) is 0 Å². The third-order valence-electron chi connectivity index (χ3n) is 2.45. The van der Waals surface area contributed by atoms with Crippen LogP contribution in [0.15, 0.2) is 48.5 Å². The van der Waals surface area contributed by atoms with E-state index in [2.05, 4.69) is 4.72 Å². The molecule has 0 aliphatic carbocycles. The molecule has 0 aliphatic heterocycles. The molecule has 0 spiro atoms. The molecular formula is C13H12FNO3S. The highest BCUT2D eigenvalue weighted by atomic mass is 32.2. The molecule has 0 saturated heterocycles. The summed E-state index contributed by atoms with van der Waals surface area (Å²) in [6.45, 7) is 0. The molecular weight excluding hydrogens is 269 g/mol. The summed E-state index contributed by atoms with van der Waals surface area (Å²) in [5, 5.41) is 9.43. The van der Waals surface area contributed by atoms with Gasteiger partial charge >= 0.3 is 0 Å². The molecule has 2 N–H and O–H groups in total. The van der Waals surface area contributed by atoms with Gasteiger partial charge in [-0.1, -0.05) is 36.4 Å². The number of aromatic hydroxyl groups is 1. The fraction of sp³-hybridized carbons (Fsp3) is 0.0769. The molecule has 0 aromatic heterocycles. The Balaban J connectivity index is 2.20. The van der Waals surface area contributed by atoms with Crippen LogP contribution < -0.4 is 4.72 Å². The van der Waals surface area contributed by atoms with Crippen molar-refractivity contribution in [2.45, 2.75) is 5.75 Å². The quantitative estimate of drug-likeness (QED) is 0.846. The van der Waals surface area contributed by atoms with Gasteiger partial charge in [0, 0.05) is 0 Å². The summed E-state index contributed by atoms with van der Waals surface area (Å²) in [5.41, 5.74) is 0.432. The van der Waals surface area contributed by atoms with Gasteiger partial charge < -0.3 is 5.11 Å². The van der Waals surface area contributed by atoms with Crippen LogP contribution in [0.1, 0.15) is 5.56 Å². The Morgan fingerprint density at radius 1 is 1.05 bits per heavy atom. The molecule has 0 aliphatic rings. The van der Waals surface area contributed by atoms with Crippen LogP contribution in [-0.2, 0) is 15.8 Å². The SMILES string of the molecule is O=S(=O)(Cc1ccccc1)Nc1cccc(F)c1O. The van der Waals surface area contributed by atoms with Crippen molar-refractivity contribution in [2.24, 2.45) is 0 Å². The van der Waals surface area contributed by atoms with Gasteiger partial charge in [0.05, 0.1) is 11.4 Å². The minimum Gasteiger partial charge on any atom is -0.503 e. The minimum atomic E-state index is -3.70. The van der Waals surface area contributed by atoms with Gasteiger partial charge in [0.2, 0.25) is 10.0 Å². The molecule has 2 rings (SSSR count). The summed E-state index contributed by atoms with van der Waals surface area (Å²) < 4.78 is 39.0. The number of hydrogen-bond donors (Lipinski definition) is 2. The van der Waals surface area contributed by atoms with Crippen LogP contribution in [0.5, 0.6) is 5.75 Å². The van der Waals surface area contributed by atoms with Crippen molar-refractivity contribution >= 4 is 15.7 Å². The summed E-state index contributed by atoms with van der Waals surface area (Å²) in [4.78, 5) is 0. The largest absolute Gasteiger partial charge is 0.503 e. The molecule has 0 heterocycles. The molecule has 0 bridgehead atoms. The number of halogens is 1. The molecule has 2 aromatic rings. The van der Waals surface area contributed by atoms with E-state index in [0.29, 0.717) is 5.56 Å². The monoisotopic (exact) mass is 281 g/mol. The van der Waals surface area contributed by atoms with E-state index < -0.39 is 21.6 Å². The number of sulfonamides is 1. The van der Waals surface area contributed by atoms with Crippen LogP contribution in [0, 0.1) is 5.82 Å². The van der Waals surface area contributed by atoms with Gasteiger partial charge in [-0.05, 0) is 17.7 Å². The van der Waals surface area contributed by atoms with Gasteiger partial charge in [-0.15, -0.1) is 0 Å². The minimum absolute atomic E-state index is 0.170. The molecule has 4 nitrogen and oxygen atoms in total. The third-order valence-corrected chi connectivity index (χ3v) is 3.70.